The van der Waals surface area contributed by atoms with Gasteiger partial charge in [0.2, 0.25) is 0 Å². The molecule has 0 saturated carbocycles. The fraction of sp³-hybridized carbons (Fsp3) is 0.294. The standard InChI is InChI=1S/C17H20ClNS/c1-14(13-15-7-9-16(18)10-8-15)19-11-12-20-17-5-3-2-4-6-17/h2-10,14,19H,11-13H2,1H3. The Morgan fingerprint density at radius 1 is 1.05 bits per heavy atom. The maximum atomic E-state index is 5.89. The maximum absolute atomic E-state index is 5.89. The number of nitrogens with one attached hydrogen (secondary N) is 1. The second kappa shape index (κ2) is 8.35. The maximum Gasteiger partial charge on any atom is 0.0406 e. The first-order chi connectivity index (χ1) is 9.74. The lowest BCUT2D eigenvalue weighted by Crippen LogP contribution is -2.30. The van der Waals surface area contributed by atoms with Gasteiger partial charge in [0.1, 0.15) is 0 Å². The van der Waals surface area contributed by atoms with Crippen molar-refractivity contribution in [3.63, 3.8) is 0 Å². The fourth-order valence-corrected chi connectivity index (χ4v) is 2.97. The topological polar surface area (TPSA) is 12.0 Å². The summed E-state index contributed by atoms with van der Waals surface area (Å²) in [5.74, 6) is 1.09. The molecule has 1 unspecified atom stereocenters. The second-order valence-electron chi connectivity index (χ2n) is 4.85. The first kappa shape index (κ1) is 15.4. The zero-order valence-electron chi connectivity index (χ0n) is 11.7. The molecule has 0 saturated heterocycles. The molecule has 0 spiro atoms. The van der Waals surface area contributed by atoms with Crippen LogP contribution < -0.4 is 5.32 Å². The molecule has 1 N–H and O–H groups in total. The molecule has 1 atom stereocenters. The van der Waals surface area contributed by atoms with Crippen molar-refractivity contribution in [1.29, 1.82) is 0 Å². The van der Waals surface area contributed by atoms with Crippen molar-refractivity contribution in [3.05, 3.63) is 65.2 Å². The molecule has 20 heavy (non-hydrogen) atoms. The Bertz CT molecular complexity index is 498. The Morgan fingerprint density at radius 2 is 1.75 bits per heavy atom. The quantitative estimate of drug-likeness (QED) is 0.590. The van der Waals surface area contributed by atoms with E-state index in [1.807, 2.05) is 23.9 Å². The van der Waals surface area contributed by atoms with Crippen LogP contribution in [0.4, 0.5) is 0 Å². The Labute approximate surface area is 130 Å². The summed E-state index contributed by atoms with van der Waals surface area (Å²) in [4.78, 5) is 1.33. The first-order valence-electron chi connectivity index (χ1n) is 6.90. The summed E-state index contributed by atoms with van der Waals surface area (Å²) in [6.45, 7) is 3.25. The molecule has 2 aromatic rings. The Hall–Kier alpha value is -0.960. The summed E-state index contributed by atoms with van der Waals surface area (Å²) in [5, 5.41) is 4.36. The number of thioether (sulfide) groups is 1. The zero-order valence-corrected chi connectivity index (χ0v) is 13.3. The minimum Gasteiger partial charge on any atom is -0.313 e. The number of hydrogen-bond donors (Lipinski definition) is 1. The van der Waals surface area contributed by atoms with E-state index in [0.29, 0.717) is 6.04 Å². The van der Waals surface area contributed by atoms with Crippen LogP contribution in [0.25, 0.3) is 0 Å². The monoisotopic (exact) mass is 305 g/mol. The number of hydrogen-bond acceptors (Lipinski definition) is 2. The molecule has 3 heteroatoms. The van der Waals surface area contributed by atoms with E-state index in [9.17, 15) is 0 Å². The van der Waals surface area contributed by atoms with Gasteiger partial charge in [0.15, 0.2) is 0 Å². The molecule has 0 amide bonds. The van der Waals surface area contributed by atoms with Crippen LogP contribution in [-0.2, 0) is 6.42 Å². The highest BCUT2D eigenvalue weighted by Crippen LogP contribution is 2.16. The van der Waals surface area contributed by atoms with Gasteiger partial charge in [-0.05, 0) is 43.2 Å². The predicted octanol–water partition coefficient (Wildman–Crippen LogP) is 4.65. The summed E-state index contributed by atoms with van der Waals surface area (Å²) in [6, 6.07) is 19.1. The number of rotatable bonds is 7. The van der Waals surface area contributed by atoms with Crippen LogP contribution in [0.3, 0.4) is 0 Å². The fourth-order valence-electron chi connectivity index (χ4n) is 2.04. The van der Waals surface area contributed by atoms with Crippen molar-refractivity contribution in [3.8, 4) is 0 Å². The van der Waals surface area contributed by atoms with Gasteiger partial charge in [-0.1, -0.05) is 41.9 Å². The molecular weight excluding hydrogens is 286 g/mol. The molecule has 2 aromatic carbocycles. The molecule has 0 aliphatic rings. The van der Waals surface area contributed by atoms with Gasteiger partial charge in [-0.25, -0.2) is 0 Å². The van der Waals surface area contributed by atoms with E-state index < -0.39 is 0 Å². The highest BCUT2D eigenvalue weighted by atomic mass is 35.5. The van der Waals surface area contributed by atoms with Gasteiger partial charge in [0.05, 0.1) is 0 Å². The van der Waals surface area contributed by atoms with Crippen LogP contribution in [0.1, 0.15) is 12.5 Å². The molecule has 106 valence electrons. The third-order valence-electron chi connectivity index (χ3n) is 3.06. The molecule has 1 nitrogen and oxygen atoms in total. The van der Waals surface area contributed by atoms with Crippen LogP contribution in [0.2, 0.25) is 5.02 Å². The second-order valence-corrected chi connectivity index (χ2v) is 6.45. The van der Waals surface area contributed by atoms with Crippen molar-refractivity contribution in [2.24, 2.45) is 0 Å². The Balaban J connectivity index is 1.65. The Kier molecular flexibility index (Phi) is 6.44. The van der Waals surface area contributed by atoms with Gasteiger partial charge >= 0.3 is 0 Å². The van der Waals surface area contributed by atoms with E-state index in [2.05, 4.69) is 54.7 Å². The average Bonchev–Trinajstić information content (AvgIpc) is 2.47. The van der Waals surface area contributed by atoms with Crippen LogP contribution in [0, 0.1) is 0 Å². The minimum absolute atomic E-state index is 0.479. The van der Waals surface area contributed by atoms with E-state index in [-0.39, 0.29) is 0 Å². The summed E-state index contributed by atoms with van der Waals surface area (Å²) in [6.07, 6.45) is 1.03. The van der Waals surface area contributed by atoms with Crippen molar-refractivity contribution >= 4 is 23.4 Å². The van der Waals surface area contributed by atoms with Crippen LogP contribution >= 0.6 is 23.4 Å². The van der Waals surface area contributed by atoms with E-state index in [1.165, 1.54) is 10.5 Å². The van der Waals surface area contributed by atoms with Crippen LogP contribution in [0.15, 0.2) is 59.5 Å². The van der Waals surface area contributed by atoms with Crippen molar-refractivity contribution in [2.45, 2.75) is 24.3 Å². The molecule has 0 heterocycles. The molecule has 0 aliphatic heterocycles. The van der Waals surface area contributed by atoms with E-state index in [1.54, 1.807) is 0 Å². The molecule has 0 bridgehead atoms. The summed E-state index contributed by atoms with van der Waals surface area (Å²) >= 11 is 7.78. The van der Waals surface area contributed by atoms with Crippen LogP contribution in [-0.4, -0.2) is 18.3 Å². The lowest BCUT2D eigenvalue weighted by atomic mass is 10.1. The van der Waals surface area contributed by atoms with Crippen LogP contribution in [0.5, 0.6) is 0 Å². The van der Waals surface area contributed by atoms with Gasteiger partial charge in [-0.2, -0.15) is 0 Å². The predicted molar refractivity (Wildman–Crippen MR) is 89.8 cm³/mol. The largest absolute Gasteiger partial charge is 0.313 e. The van der Waals surface area contributed by atoms with Gasteiger partial charge in [0, 0.05) is 28.3 Å². The smallest absolute Gasteiger partial charge is 0.0406 e. The van der Waals surface area contributed by atoms with Crippen molar-refractivity contribution < 1.29 is 0 Å². The zero-order chi connectivity index (χ0) is 14.2. The van der Waals surface area contributed by atoms with E-state index in [0.717, 1.165) is 23.7 Å². The number of halogens is 1. The van der Waals surface area contributed by atoms with Gasteiger partial charge in [-0.15, -0.1) is 11.8 Å². The molecule has 2 rings (SSSR count). The van der Waals surface area contributed by atoms with Gasteiger partial charge < -0.3 is 5.32 Å². The molecule has 0 fully saturated rings. The van der Waals surface area contributed by atoms with Crippen molar-refractivity contribution in [1.82, 2.24) is 5.32 Å². The summed E-state index contributed by atoms with van der Waals surface area (Å²) in [5.41, 5.74) is 1.32. The Morgan fingerprint density at radius 3 is 2.45 bits per heavy atom. The first-order valence-corrected chi connectivity index (χ1v) is 8.26. The number of benzene rings is 2. The lowest BCUT2D eigenvalue weighted by Gasteiger charge is -2.13. The molecule has 0 aromatic heterocycles. The SMILES string of the molecule is CC(Cc1ccc(Cl)cc1)NCCSc1ccccc1. The highest BCUT2D eigenvalue weighted by molar-refractivity contribution is 7.99. The third kappa shape index (κ3) is 5.58. The average molecular weight is 306 g/mol. The molecular formula is C17H20ClNS. The van der Waals surface area contributed by atoms with E-state index >= 15 is 0 Å². The summed E-state index contributed by atoms with van der Waals surface area (Å²) in [7, 11) is 0. The summed E-state index contributed by atoms with van der Waals surface area (Å²) < 4.78 is 0. The third-order valence-corrected chi connectivity index (χ3v) is 4.33. The lowest BCUT2D eigenvalue weighted by molar-refractivity contribution is 0.568. The minimum atomic E-state index is 0.479. The molecule has 0 radical (unpaired) electrons. The normalized spacial score (nSPS) is 12.3. The highest BCUT2D eigenvalue weighted by Gasteiger charge is 2.03. The van der Waals surface area contributed by atoms with Crippen molar-refractivity contribution in [2.75, 3.05) is 12.3 Å². The van der Waals surface area contributed by atoms with E-state index in [4.69, 9.17) is 11.6 Å². The van der Waals surface area contributed by atoms with Gasteiger partial charge in [0.25, 0.3) is 0 Å². The van der Waals surface area contributed by atoms with Gasteiger partial charge in [-0.3, -0.25) is 0 Å². The molecule has 0 aliphatic carbocycles.